The Morgan fingerprint density at radius 3 is 2.32 bits per heavy atom. The molecule has 1 fully saturated rings. The highest BCUT2D eigenvalue weighted by Gasteiger charge is 2.28. The highest BCUT2D eigenvalue weighted by molar-refractivity contribution is 5.94. The van der Waals surface area contributed by atoms with Crippen LogP contribution in [0.1, 0.15) is 26.2 Å². The van der Waals surface area contributed by atoms with E-state index in [2.05, 4.69) is 5.32 Å². The van der Waals surface area contributed by atoms with Gasteiger partial charge in [0.15, 0.2) is 11.5 Å². The Hall–Kier alpha value is -2.44. The van der Waals surface area contributed by atoms with Crippen LogP contribution < -0.4 is 19.5 Å². The first-order chi connectivity index (χ1) is 12.0. The molecule has 0 radical (unpaired) electrons. The van der Waals surface area contributed by atoms with E-state index in [1.165, 1.54) is 21.3 Å². The number of methoxy groups -OCH3 is 3. The standard InChI is InChI=1S/C18H26N2O5/c1-5-16(21)20-8-6-7-12(11-20)18(22)19-13-9-14(23-2)17(25-4)15(10-13)24-3/h9-10,12H,5-8,11H2,1-4H3,(H,19,22)/t12-/m0/s1. The number of amides is 2. The summed E-state index contributed by atoms with van der Waals surface area (Å²) in [5.41, 5.74) is 0.568. The number of carbonyl (C=O) groups excluding carboxylic acids is 2. The molecule has 1 N–H and O–H groups in total. The molecule has 7 heteroatoms. The smallest absolute Gasteiger partial charge is 0.229 e. The van der Waals surface area contributed by atoms with E-state index in [1.54, 1.807) is 17.0 Å². The number of nitrogens with zero attached hydrogens (tertiary/aromatic N) is 1. The fourth-order valence-corrected chi connectivity index (χ4v) is 3.04. The van der Waals surface area contributed by atoms with E-state index in [1.807, 2.05) is 6.92 Å². The van der Waals surface area contributed by atoms with Gasteiger partial charge in [-0.3, -0.25) is 9.59 Å². The average Bonchev–Trinajstić information content (AvgIpc) is 2.66. The van der Waals surface area contributed by atoms with E-state index in [9.17, 15) is 9.59 Å². The highest BCUT2D eigenvalue weighted by atomic mass is 16.5. The van der Waals surface area contributed by atoms with Crippen molar-refractivity contribution in [3.8, 4) is 17.2 Å². The molecule has 2 amide bonds. The van der Waals surface area contributed by atoms with Gasteiger partial charge in [0.2, 0.25) is 17.6 Å². The number of ether oxygens (including phenoxy) is 3. The molecule has 25 heavy (non-hydrogen) atoms. The Kier molecular flexibility index (Phi) is 6.50. The maximum Gasteiger partial charge on any atom is 0.229 e. The van der Waals surface area contributed by atoms with Crippen molar-refractivity contribution >= 4 is 17.5 Å². The van der Waals surface area contributed by atoms with Gasteiger partial charge < -0.3 is 24.4 Å². The van der Waals surface area contributed by atoms with Gasteiger partial charge in [0.1, 0.15) is 0 Å². The zero-order valence-electron chi connectivity index (χ0n) is 15.3. The number of piperidine rings is 1. The first kappa shape index (κ1) is 18.9. The summed E-state index contributed by atoms with van der Waals surface area (Å²) >= 11 is 0. The van der Waals surface area contributed by atoms with Crippen molar-refractivity contribution < 1.29 is 23.8 Å². The summed E-state index contributed by atoms with van der Waals surface area (Å²) in [6, 6.07) is 3.38. The second kappa shape index (κ2) is 8.60. The van der Waals surface area contributed by atoms with Crippen LogP contribution in [0.15, 0.2) is 12.1 Å². The summed E-state index contributed by atoms with van der Waals surface area (Å²) in [7, 11) is 4.58. The Morgan fingerprint density at radius 1 is 1.16 bits per heavy atom. The zero-order valence-corrected chi connectivity index (χ0v) is 15.3. The van der Waals surface area contributed by atoms with Crippen LogP contribution in [-0.2, 0) is 9.59 Å². The summed E-state index contributed by atoms with van der Waals surface area (Å²) in [4.78, 5) is 26.3. The van der Waals surface area contributed by atoms with E-state index >= 15 is 0 Å². The Balaban J connectivity index is 2.13. The molecule has 1 atom stereocenters. The van der Waals surface area contributed by atoms with Crippen LogP contribution in [0.5, 0.6) is 17.2 Å². The Morgan fingerprint density at radius 2 is 1.80 bits per heavy atom. The third-order valence-corrected chi connectivity index (χ3v) is 4.38. The van der Waals surface area contributed by atoms with E-state index in [4.69, 9.17) is 14.2 Å². The number of rotatable bonds is 6. The van der Waals surface area contributed by atoms with Crippen LogP contribution >= 0.6 is 0 Å². The number of nitrogens with one attached hydrogen (secondary N) is 1. The topological polar surface area (TPSA) is 77.1 Å². The fourth-order valence-electron chi connectivity index (χ4n) is 3.04. The number of hydrogen-bond donors (Lipinski definition) is 1. The molecular formula is C18H26N2O5. The molecule has 1 heterocycles. The van der Waals surface area contributed by atoms with Gasteiger partial charge >= 0.3 is 0 Å². The zero-order chi connectivity index (χ0) is 18.4. The second-order valence-electron chi connectivity index (χ2n) is 5.94. The van der Waals surface area contributed by atoms with E-state index in [0.717, 1.165) is 19.4 Å². The van der Waals surface area contributed by atoms with E-state index in [-0.39, 0.29) is 17.7 Å². The molecule has 0 aromatic heterocycles. The molecule has 7 nitrogen and oxygen atoms in total. The summed E-state index contributed by atoms with van der Waals surface area (Å²) in [5, 5.41) is 2.90. The van der Waals surface area contributed by atoms with Crippen molar-refractivity contribution in [3.63, 3.8) is 0 Å². The summed E-state index contributed by atoms with van der Waals surface area (Å²) < 4.78 is 15.9. The minimum absolute atomic E-state index is 0.0882. The first-order valence-electron chi connectivity index (χ1n) is 8.42. The normalized spacial score (nSPS) is 17.0. The third kappa shape index (κ3) is 4.35. The largest absolute Gasteiger partial charge is 0.493 e. The lowest BCUT2D eigenvalue weighted by molar-refractivity contribution is -0.134. The number of benzene rings is 1. The number of carbonyl (C=O) groups is 2. The van der Waals surface area contributed by atoms with Gasteiger partial charge in [-0.1, -0.05) is 6.92 Å². The van der Waals surface area contributed by atoms with Crippen molar-refractivity contribution in [2.75, 3.05) is 39.7 Å². The van der Waals surface area contributed by atoms with E-state index in [0.29, 0.717) is 35.9 Å². The highest BCUT2D eigenvalue weighted by Crippen LogP contribution is 2.40. The molecule has 0 unspecified atom stereocenters. The minimum Gasteiger partial charge on any atom is -0.493 e. The molecule has 0 spiro atoms. The van der Waals surface area contributed by atoms with E-state index < -0.39 is 0 Å². The van der Waals surface area contributed by atoms with Crippen molar-refractivity contribution in [3.05, 3.63) is 12.1 Å². The van der Waals surface area contributed by atoms with Gasteiger partial charge in [0, 0.05) is 37.3 Å². The molecule has 1 aliphatic heterocycles. The van der Waals surface area contributed by atoms with Gasteiger partial charge in [0.25, 0.3) is 0 Å². The predicted molar refractivity (Wildman–Crippen MR) is 94.3 cm³/mol. The van der Waals surface area contributed by atoms with Crippen LogP contribution in [0.25, 0.3) is 0 Å². The quantitative estimate of drug-likeness (QED) is 0.852. The van der Waals surface area contributed by atoms with Gasteiger partial charge in [-0.05, 0) is 12.8 Å². The van der Waals surface area contributed by atoms with Crippen LogP contribution in [0.4, 0.5) is 5.69 Å². The lowest BCUT2D eigenvalue weighted by Crippen LogP contribution is -2.43. The number of hydrogen-bond acceptors (Lipinski definition) is 5. The second-order valence-corrected chi connectivity index (χ2v) is 5.94. The summed E-state index contributed by atoms with van der Waals surface area (Å²) in [6.07, 6.45) is 2.06. The molecule has 0 aliphatic carbocycles. The van der Waals surface area contributed by atoms with Crippen molar-refractivity contribution in [2.45, 2.75) is 26.2 Å². The van der Waals surface area contributed by atoms with Crippen molar-refractivity contribution in [1.82, 2.24) is 4.90 Å². The average molecular weight is 350 g/mol. The van der Waals surface area contributed by atoms with Crippen LogP contribution in [0, 0.1) is 5.92 Å². The molecule has 1 aromatic carbocycles. The SMILES string of the molecule is CCC(=O)N1CCC[C@H](C(=O)Nc2cc(OC)c(OC)c(OC)c2)C1. The predicted octanol–water partition coefficient (Wildman–Crippen LogP) is 2.30. The van der Waals surface area contributed by atoms with Gasteiger partial charge in [0.05, 0.1) is 27.2 Å². The number of anilines is 1. The molecule has 138 valence electrons. The third-order valence-electron chi connectivity index (χ3n) is 4.38. The molecule has 1 aromatic rings. The molecular weight excluding hydrogens is 324 g/mol. The fraction of sp³-hybridized carbons (Fsp3) is 0.556. The first-order valence-corrected chi connectivity index (χ1v) is 8.42. The Labute approximate surface area is 148 Å². The van der Waals surface area contributed by atoms with Crippen molar-refractivity contribution in [2.24, 2.45) is 5.92 Å². The lowest BCUT2D eigenvalue weighted by atomic mass is 9.96. The molecule has 1 saturated heterocycles. The van der Waals surface area contributed by atoms with Gasteiger partial charge in [-0.15, -0.1) is 0 Å². The van der Waals surface area contributed by atoms with Crippen LogP contribution in [0.3, 0.4) is 0 Å². The maximum absolute atomic E-state index is 12.6. The van der Waals surface area contributed by atoms with Gasteiger partial charge in [-0.2, -0.15) is 0 Å². The molecule has 0 bridgehead atoms. The molecule has 1 aliphatic rings. The lowest BCUT2D eigenvalue weighted by Gasteiger charge is -2.32. The van der Waals surface area contributed by atoms with Crippen molar-refractivity contribution in [1.29, 1.82) is 0 Å². The van der Waals surface area contributed by atoms with Gasteiger partial charge in [-0.25, -0.2) is 0 Å². The van der Waals surface area contributed by atoms with Crippen LogP contribution in [0.2, 0.25) is 0 Å². The Bertz CT molecular complexity index is 607. The van der Waals surface area contributed by atoms with Crippen LogP contribution in [-0.4, -0.2) is 51.1 Å². The molecule has 0 saturated carbocycles. The number of likely N-dealkylation sites (tertiary alicyclic amines) is 1. The molecule has 2 rings (SSSR count). The summed E-state index contributed by atoms with van der Waals surface area (Å²) in [5.74, 6) is 1.18. The summed E-state index contributed by atoms with van der Waals surface area (Å²) in [6.45, 7) is 3.02. The monoisotopic (exact) mass is 350 g/mol. The minimum atomic E-state index is -0.219. The maximum atomic E-state index is 12.6.